The fraction of sp³-hybridized carbons (Fsp3) is 0.824. The number of allylic oxidation sites excluding steroid dienone is 1. The lowest BCUT2D eigenvalue weighted by molar-refractivity contribution is -0.122. The number of amides is 1. The summed E-state index contributed by atoms with van der Waals surface area (Å²) in [5.41, 5.74) is 0.140. The largest absolute Gasteiger partial charge is 0.353 e. The van der Waals surface area contributed by atoms with Crippen LogP contribution in [0.3, 0.4) is 0 Å². The molecule has 0 saturated heterocycles. The zero-order chi connectivity index (χ0) is 14.7. The number of hydrogen-bond acceptors (Lipinski definition) is 1. The maximum atomic E-state index is 11.8. The minimum atomic E-state index is 0.140. The number of hydrogen-bond donors (Lipinski definition) is 1. The van der Waals surface area contributed by atoms with Gasteiger partial charge in [-0.3, -0.25) is 4.79 Å². The lowest BCUT2D eigenvalue weighted by Crippen LogP contribution is -2.41. The highest BCUT2D eigenvalue weighted by atomic mass is 16.1. The summed E-state index contributed by atoms with van der Waals surface area (Å²) in [6.45, 7) is 12.3. The van der Waals surface area contributed by atoms with E-state index in [1.54, 1.807) is 0 Å². The Kier molecular flexibility index (Phi) is 9.63. The summed E-state index contributed by atoms with van der Waals surface area (Å²) >= 11 is 0. The Morgan fingerprint density at radius 3 is 2.16 bits per heavy atom. The van der Waals surface area contributed by atoms with Crippen molar-refractivity contribution >= 4 is 5.91 Å². The lowest BCUT2D eigenvalue weighted by Gasteiger charge is -2.28. The Balaban J connectivity index is 3.46. The van der Waals surface area contributed by atoms with E-state index in [1.165, 1.54) is 32.1 Å². The third kappa shape index (κ3) is 10.8. The van der Waals surface area contributed by atoms with Crippen LogP contribution in [-0.2, 0) is 4.79 Å². The van der Waals surface area contributed by atoms with E-state index >= 15 is 0 Å². The van der Waals surface area contributed by atoms with Gasteiger partial charge >= 0.3 is 0 Å². The van der Waals surface area contributed by atoms with Crippen LogP contribution in [0.25, 0.3) is 0 Å². The molecule has 0 saturated carbocycles. The highest BCUT2D eigenvalue weighted by Gasteiger charge is 2.21. The number of unbranched alkanes of at least 4 members (excludes halogenated alkanes) is 6. The first kappa shape index (κ1) is 18.2. The molecule has 0 aliphatic heterocycles. The third-order valence-electron chi connectivity index (χ3n) is 3.74. The van der Waals surface area contributed by atoms with E-state index < -0.39 is 0 Å². The molecule has 0 spiro atoms. The molecular weight excluding hydrogens is 234 g/mol. The van der Waals surface area contributed by atoms with Gasteiger partial charge in [0.2, 0.25) is 5.91 Å². The van der Waals surface area contributed by atoms with Crippen molar-refractivity contribution in [2.24, 2.45) is 5.41 Å². The summed E-state index contributed by atoms with van der Waals surface area (Å²) in [5.74, 6) is 0.203. The quantitative estimate of drug-likeness (QED) is 0.445. The van der Waals surface area contributed by atoms with E-state index in [4.69, 9.17) is 0 Å². The van der Waals surface area contributed by atoms with E-state index in [9.17, 15) is 4.79 Å². The van der Waals surface area contributed by atoms with E-state index in [0.29, 0.717) is 6.42 Å². The van der Waals surface area contributed by atoms with E-state index in [-0.39, 0.29) is 17.4 Å². The summed E-state index contributed by atoms with van der Waals surface area (Å²) in [5, 5.41) is 3.09. The fourth-order valence-corrected chi connectivity index (χ4v) is 1.81. The van der Waals surface area contributed by atoms with Crippen molar-refractivity contribution in [2.75, 3.05) is 0 Å². The van der Waals surface area contributed by atoms with Gasteiger partial charge in [-0.25, -0.2) is 0 Å². The van der Waals surface area contributed by atoms with Gasteiger partial charge in [0, 0.05) is 12.5 Å². The van der Waals surface area contributed by atoms with Crippen LogP contribution in [-0.4, -0.2) is 11.9 Å². The van der Waals surface area contributed by atoms with E-state index in [0.717, 1.165) is 12.8 Å². The molecule has 19 heavy (non-hydrogen) atoms. The topological polar surface area (TPSA) is 29.1 Å². The van der Waals surface area contributed by atoms with Gasteiger partial charge in [0.25, 0.3) is 0 Å². The molecule has 0 bridgehead atoms. The monoisotopic (exact) mass is 267 g/mol. The zero-order valence-corrected chi connectivity index (χ0v) is 13.4. The van der Waals surface area contributed by atoms with E-state index in [2.05, 4.69) is 39.6 Å². The summed E-state index contributed by atoms with van der Waals surface area (Å²) in [6, 6.07) is 0.235. The highest BCUT2D eigenvalue weighted by molar-refractivity contribution is 5.76. The molecule has 0 radical (unpaired) electrons. The lowest BCUT2D eigenvalue weighted by atomic mass is 9.88. The average Bonchev–Trinajstić information content (AvgIpc) is 2.31. The minimum absolute atomic E-state index is 0.140. The molecule has 2 nitrogen and oxygen atoms in total. The molecule has 0 heterocycles. The van der Waals surface area contributed by atoms with Gasteiger partial charge in [-0.1, -0.05) is 52.5 Å². The van der Waals surface area contributed by atoms with Crippen LogP contribution in [0.4, 0.5) is 0 Å². The maximum absolute atomic E-state index is 11.8. The molecule has 0 aromatic heterocycles. The summed E-state index contributed by atoms with van der Waals surface area (Å²) < 4.78 is 0. The maximum Gasteiger partial charge on any atom is 0.220 e. The van der Waals surface area contributed by atoms with Crippen molar-refractivity contribution in [3.63, 3.8) is 0 Å². The van der Waals surface area contributed by atoms with Gasteiger partial charge in [-0.15, -0.1) is 6.58 Å². The molecule has 0 aliphatic carbocycles. The second-order valence-corrected chi connectivity index (χ2v) is 6.60. The molecule has 0 rings (SSSR count). The Labute approximate surface area is 120 Å². The molecule has 2 heteroatoms. The first-order valence-corrected chi connectivity index (χ1v) is 7.78. The van der Waals surface area contributed by atoms with Crippen molar-refractivity contribution in [1.29, 1.82) is 0 Å². The molecule has 0 unspecified atom stereocenters. The van der Waals surface area contributed by atoms with Gasteiger partial charge in [0.1, 0.15) is 0 Å². The van der Waals surface area contributed by atoms with Gasteiger partial charge in [0.15, 0.2) is 0 Å². The molecule has 1 atom stereocenters. The smallest absolute Gasteiger partial charge is 0.220 e. The number of carbonyl (C=O) groups is 1. The summed E-state index contributed by atoms with van der Waals surface area (Å²) in [6.07, 6.45) is 11.1. The van der Waals surface area contributed by atoms with Crippen LogP contribution in [0.15, 0.2) is 12.7 Å². The molecule has 112 valence electrons. The number of rotatable bonds is 10. The first-order valence-electron chi connectivity index (χ1n) is 7.78. The van der Waals surface area contributed by atoms with Gasteiger partial charge in [-0.05, 0) is 31.6 Å². The molecule has 0 fully saturated rings. The Bertz CT molecular complexity index is 252. The SMILES string of the molecule is C=CCCCCCCCCC(=O)N[C@@H](C)C(C)(C)C. The molecule has 0 aromatic carbocycles. The standard InChI is InChI=1S/C17H33NO/c1-6-7-8-9-10-11-12-13-14-16(19)18-15(2)17(3,4)5/h6,15H,1,7-14H2,2-5H3,(H,18,19)/t15-/m0/s1. The predicted octanol–water partition coefficient (Wildman–Crippen LogP) is 4.84. The third-order valence-corrected chi connectivity index (χ3v) is 3.74. The van der Waals surface area contributed by atoms with Crippen molar-refractivity contribution in [2.45, 2.75) is 85.1 Å². The predicted molar refractivity (Wildman–Crippen MR) is 84.2 cm³/mol. The second-order valence-electron chi connectivity index (χ2n) is 6.60. The van der Waals surface area contributed by atoms with E-state index in [1.807, 2.05) is 6.08 Å². The van der Waals surface area contributed by atoms with Crippen molar-refractivity contribution in [3.8, 4) is 0 Å². The molecular formula is C17H33NO. The summed E-state index contributed by atoms with van der Waals surface area (Å²) in [7, 11) is 0. The van der Waals surface area contributed by atoms with Gasteiger partial charge in [-0.2, -0.15) is 0 Å². The number of carbonyl (C=O) groups excluding carboxylic acids is 1. The van der Waals surface area contributed by atoms with Crippen molar-refractivity contribution in [3.05, 3.63) is 12.7 Å². The second kappa shape index (κ2) is 10.1. The van der Waals surface area contributed by atoms with Gasteiger partial charge in [0.05, 0.1) is 0 Å². The van der Waals surface area contributed by atoms with Crippen LogP contribution in [0.5, 0.6) is 0 Å². The minimum Gasteiger partial charge on any atom is -0.353 e. The molecule has 1 N–H and O–H groups in total. The molecule has 1 amide bonds. The molecule has 0 aromatic rings. The van der Waals surface area contributed by atoms with Crippen LogP contribution in [0.1, 0.15) is 79.1 Å². The number of nitrogens with one attached hydrogen (secondary N) is 1. The van der Waals surface area contributed by atoms with Gasteiger partial charge < -0.3 is 5.32 Å². The van der Waals surface area contributed by atoms with Crippen molar-refractivity contribution < 1.29 is 4.79 Å². The molecule has 0 aliphatic rings. The highest BCUT2D eigenvalue weighted by Crippen LogP contribution is 2.18. The fourth-order valence-electron chi connectivity index (χ4n) is 1.81. The summed E-state index contributed by atoms with van der Waals surface area (Å²) in [4.78, 5) is 11.8. The van der Waals surface area contributed by atoms with Crippen LogP contribution in [0, 0.1) is 5.41 Å². The Hall–Kier alpha value is -0.790. The zero-order valence-electron chi connectivity index (χ0n) is 13.4. The normalized spacial score (nSPS) is 13.1. The Morgan fingerprint density at radius 1 is 1.11 bits per heavy atom. The average molecular weight is 267 g/mol. The van der Waals surface area contributed by atoms with Crippen molar-refractivity contribution in [1.82, 2.24) is 5.32 Å². The van der Waals surface area contributed by atoms with Crippen LogP contribution < -0.4 is 5.32 Å². The first-order chi connectivity index (χ1) is 8.88. The van der Waals surface area contributed by atoms with Crippen LogP contribution in [0.2, 0.25) is 0 Å². The van der Waals surface area contributed by atoms with Crippen LogP contribution >= 0.6 is 0 Å². The Morgan fingerprint density at radius 2 is 1.63 bits per heavy atom.